The number of hydrogen-bond acceptors (Lipinski definition) is 0. The van der Waals surface area contributed by atoms with Gasteiger partial charge in [-0.2, -0.15) is 0 Å². The van der Waals surface area contributed by atoms with E-state index in [1.54, 1.807) is 6.07 Å². The smallest absolute Gasteiger partial charge is 0.131 e. The van der Waals surface area contributed by atoms with Crippen LogP contribution in [0.4, 0.5) is 4.39 Å². The number of halogens is 2. The van der Waals surface area contributed by atoms with Crippen molar-refractivity contribution in [3.05, 3.63) is 40.7 Å². The number of allylic oxidation sites excluding steroid dienone is 2. The second-order valence-corrected chi connectivity index (χ2v) is 4.75. The molecule has 0 radical (unpaired) electrons. The molecule has 0 heterocycles. The van der Waals surface area contributed by atoms with Crippen molar-refractivity contribution >= 4 is 17.2 Å². The highest BCUT2D eigenvalue weighted by Gasteiger charge is 2.18. The first-order valence-electron chi connectivity index (χ1n) is 5.20. The lowest BCUT2D eigenvalue weighted by Gasteiger charge is -2.09. The molecule has 0 nitrogen and oxygen atoms in total. The Kier molecular flexibility index (Phi) is 2.83. The monoisotopic (exact) mass is 224 g/mol. The molecule has 0 saturated heterocycles. The first-order chi connectivity index (χ1) is 7.08. The van der Waals surface area contributed by atoms with Gasteiger partial charge in [0.1, 0.15) is 5.82 Å². The molecule has 1 atom stereocenters. The minimum atomic E-state index is -0.121. The number of alkyl halides is 1. The van der Waals surface area contributed by atoms with Crippen LogP contribution >= 0.6 is 11.6 Å². The highest BCUT2D eigenvalue weighted by atomic mass is 35.5. The Morgan fingerprint density at radius 2 is 2.07 bits per heavy atom. The summed E-state index contributed by atoms with van der Waals surface area (Å²) in [4.78, 5) is 0. The molecule has 1 unspecified atom stereocenters. The maximum absolute atomic E-state index is 13.8. The molecule has 0 amide bonds. The van der Waals surface area contributed by atoms with E-state index in [4.69, 9.17) is 11.6 Å². The van der Waals surface area contributed by atoms with Crippen molar-refractivity contribution in [1.82, 2.24) is 0 Å². The zero-order chi connectivity index (χ0) is 11.0. The fourth-order valence-corrected chi connectivity index (χ4v) is 2.47. The molecule has 0 saturated carbocycles. The van der Waals surface area contributed by atoms with Crippen molar-refractivity contribution in [2.24, 2.45) is 0 Å². The van der Waals surface area contributed by atoms with Crippen LogP contribution in [-0.4, -0.2) is 5.38 Å². The predicted molar refractivity (Wildman–Crippen MR) is 62.7 cm³/mol. The van der Waals surface area contributed by atoms with E-state index in [0.717, 1.165) is 35.1 Å². The number of benzene rings is 1. The van der Waals surface area contributed by atoms with E-state index in [9.17, 15) is 4.39 Å². The molecule has 0 N–H and O–H groups in total. The third kappa shape index (κ3) is 2.07. The molecular formula is C13H14ClF. The average molecular weight is 225 g/mol. The molecule has 0 aliphatic heterocycles. The predicted octanol–water partition coefficient (Wildman–Crippen LogP) is 4.23. The Bertz CT molecular complexity index is 398. The van der Waals surface area contributed by atoms with Crippen molar-refractivity contribution in [3.63, 3.8) is 0 Å². The molecular weight excluding hydrogens is 211 g/mol. The van der Waals surface area contributed by atoms with Gasteiger partial charge in [0.25, 0.3) is 0 Å². The molecule has 1 aliphatic carbocycles. The van der Waals surface area contributed by atoms with Crippen molar-refractivity contribution in [1.29, 1.82) is 0 Å². The van der Waals surface area contributed by atoms with E-state index in [0.29, 0.717) is 0 Å². The summed E-state index contributed by atoms with van der Waals surface area (Å²) in [6, 6.07) is 3.60. The fraction of sp³-hybridized carbons (Fsp3) is 0.385. The van der Waals surface area contributed by atoms with E-state index >= 15 is 0 Å². The lowest BCUT2D eigenvalue weighted by molar-refractivity contribution is 0.620. The molecule has 1 aromatic carbocycles. The molecule has 80 valence electrons. The van der Waals surface area contributed by atoms with Crippen LogP contribution in [0.15, 0.2) is 18.2 Å². The lowest BCUT2D eigenvalue weighted by atomic mass is 9.97. The molecule has 2 rings (SSSR count). The molecule has 1 aliphatic rings. The highest BCUT2D eigenvalue weighted by Crippen LogP contribution is 2.34. The van der Waals surface area contributed by atoms with Gasteiger partial charge in [0.05, 0.1) is 5.38 Å². The molecule has 1 aromatic rings. The van der Waals surface area contributed by atoms with Gasteiger partial charge >= 0.3 is 0 Å². The Hall–Kier alpha value is -0.820. The van der Waals surface area contributed by atoms with Crippen LogP contribution in [0.3, 0.4) is 0 Å². The van der Waals surface area contributed by atoms with Crippen LogP contribution in [0.25, 0.3) is 5.57 Å². The van der Waals surface area contributed by atoms with E-state index in [1.165, 1.54) is 0 Å². The van der Waals surface area contributed by atoms with Gasteiger partial charge in [0.15, 0.2) is 0 Å². The summed E-state index contributed by atoms with van der Waals surface area (Å²) in [5.41, 5.74) is 3.79. The molecule has 15 heavy (non-hydrogen) atoms. The van der Waals surface area contributed by atoms with Crippen LogP contribution in [0.2, 0.25) is 0 Å². The summed E-state index contributed by atoms with van der Waals surface area (Å²) in [6.07, 6.45) is 3.78. The minimum Gasteiger partial charge on any atom is -0.206 e. The summed E-state index contributed by atoms with van der Waals surface area (Å²) in [7, 11) is 0. The topological polar surface area (TPSA) is 0 Å². The van der Waals surface area contributed by atoms with Gasteiger partial charge in [-0.25, -0.2) is 4.39 Å². The molecule has 0 spiro atoms. The summed E-state index contributed by atoms with van der Waals surface area (Å²) in [6.45, 7) is 3.86. The maximum Gasteiger partial charge on any atom is 0.131 e. The molecule has 0 bridgehead atoms. The largest absolute Gasteiger partial charge is 0.206 e. The number of rotatable bonds is 1. The van der Waals surface area contributed by atoms with Gasteiger partial charge in [0, 0.05) is 5.56 Å². The standard InChI is InChI=1S/C13H14ClF/c1-8-5-9(2)13(12(15)6-8)10-3-4-11(14)7-10/h5-7,11H,3-4H2,1-2H3. The van der Waals surface area contributed by atoms with Gasteiger partial charge in [-0.1, -0.05) is 12.1 Å². The third-order valence-electron chi connectivity index (χ3n) is 2.82. The lowest BCUT2D eigenvalue weighted by Crippen LogP contribution is -1.93. The quantitative estimate of drug-likeness (QED) is 0.627. The number of aryl methyl sites for hydroxylation is 2. The molecule has 0 aromatic heterocycles. The summed E-state index contributed by atoms with van der Waals surface area (Å²) >= 11 is 5.99. The highest BCUT2D eigenvalue weighted by molar-refractivity contribution is 6.22. The second kappa shape index (κ2) is 3.97. The average Bonchev–Trinajstić information content (AvgIpc) is 2.49. The van der Waals surface area contributed by atoms with Crippen molar-refractivity contribution in [2.75, 3.05) is 0 Å². The van der Waals surface area contributed by atoms with Crippen molar-refractivity contribution < 1.29 is 4.39 Å². The van der Waals surface area contributed by atoms with Gasteiger partial charge in [-0.15, -0.1) is 11.6 Å². The molecule has 2 heteroatoms. The van der Waals surface area contributed by atoms with E-state index in [2.05, 4.69) is 0 Å². The summed E-state index contributed by atoms with van der Waals surface area (Å²) < 4.78 is 13.8. The van der Waals surface area contributed by atoms with Gasteiger partial charge in [0.2, 0.25) is 0 Å². The number of hydrogen-bond donors (Lipinski definition) is 0. The fourth-order valence-electron chi connectivity index (χ4n) is 2.21. The van der Waals surface area contributed by atoms with Crippen molar-refractivity contribution in [2.45, 2.75) is 32.1 Å². The Balaban J connectivity index is 2.49. The summed E-state index contributed by atoms with van der Waals surface area (Å²) in [5, 5.41) is 0.0695. The Morgan fingerprint density at radius 1 is 1.33 bits per heavy atom. The van der Waals surface area contributed by atoms with E-state index in [-0.39, 0.29) is 11.2 Å². The first kappa shape index (κ1) is 10.7. The minimum absolute atomic E-state index is 0.0695. The van der Waals surface area contributed by atoms with Gasteiger partial charge in [-0.05, 0) is 49.5 Å². The Morgan fingerprint density at radius 3 is 2.60 bits per heavy atom. The van der Waals surface area contributed by atoms with Crippen LogP contribution in [0.5, 0.6) is 0 Å². The SMILES string of the molecule is Cc1cc(C)c(C2=CC(Cl)CC2)c(F)c1. The zero-order valence-electron chi connectivity index (χ0n) is 8.98. The molecule has 0 fully saturated rings. The maximum atomic E-state index is 13.8. The normalized spacial score (nSPS) is 20.5. The first-order valence-corrected chi connectivity index (χ1v) is 5.63. The van der Waals surface area contributed by atoms with Crippen LogP contribution in [-0.2, 0) is 0 Å². The van der Waals surface area contributed by atoms with Crippen LogP contribution in [0, 0.1) is 19.7 Å². The van der Waals surface area contributed by atoms with Crippen LogP contribution in [0.1, 0.15) is 29.5 Å². The van der Waals surface area contributed by atoms with Gasteiger partial charge in [-0.3, -0.25) is 0 Å². The Labute approximate surface area is 94.8 Å². The second-order valence-electron chi connectivity index (χ2n) is 4.19. The summed E-state index contributed by atoms with van der Waals surface area (Å²) in [5.74, 6) is -0.121. The zero-order valence-corrected chi connectivity index (χ0v) is 9.74. The van der Waals surface area contributed by atoms with E-state index < -0.39 is 0 Å². The van der Waals surface area contributed by atoms with E-state index in [1.807, 2.05) is 26.0 Å². The van der Waals surface area contributed by atoms with Crippen molar-refractivity contribution in [3.8, 4) is 0 Å². The van der Waals surface area contributed by atoms with Gasteiger partial charge < -0.3 is 0 Å². The van der Waals surface area contributed by atoms with Crippen LogP contribution < -0.4 is 0 Å². The third-order valence-corrected chi connectivity index (χ3v) is 3.17.